The predicted molar refractivity (Wildman–Crippen MR) is 227 cm³/mol. The van der Waals surface area contributed by atoms with Gasteiger partial charge in [-0.2, -0.15) is 0 Å². The Hall–Kier alpha value is -6.88. The van der Waals surface area contributed by atoms with Crippen LogP contribution < -0.4 is 26.6 Å². The lowest BCUT2D eigenvalue weighted by Crippen LogP contribution is -2.53. The Balaban J connectivity index is 0.000000479. The minimum absolute atomic E-state index is 0.0793. The van der Waals surface area contributed by atoms with Crippen molar-refractivity contribution in [1.82, 2.24) is 21.3 Å². The van der Waals surface area contributed by atoms with Crippen molar-refractivity contribution in [2.75, 3.05) is 18.4 Å². The predicted octanol–water partition coefficient (Wildman–Crippen LogP) is 5.65. The van der Waals surface area contributed by atoms with E-state index >= 15 is 0 Å². The van der Waals surface area contributed by atoms with E-state index in [9.17, 15) is 28.8 Å². The van der Waals surface area contributed by atoms with Gasteiger partial charge in [0.1, 0.15) is 18.4 Å². The standard InChI is InChI=1S/C34H39N5O6.C13H12/c1-24-12-15-27(16-13-24)37-30(41)18-19-31(42)38-28(17-14-25-8-4-2-5-9-25)33(44)36-23-32(43)39-29(34(45)35-20-21-40)22-26-10-6-3-7-11-26;1-11-7-9-13(10-8-11)12-5-3-2-4-6-12/h2-13,15-16,21,28-29H,14,17-20,22-23H2,1H3,(H,35,45)(H,36,44)(H,37,41)(H,38,42)(H,39,43);2-10H,1H3/t28-,29-;/m1./s1. The minimum atomic E-state index is -0.976. The van der Waals surface area contributed by atoms with Crippen LogP contribution in [0.2, 0.25) is 0 Å². The second-order valence-electron chi connectivity index (χ2n) is 13.7. The van der Waals surface area contributed by atoms with E-state index < -0.39 is 42.3 Å². The molecule has 0 saturated heterocycles. The number of hydrogen-bond acceptors (Lipinski definition) is 6. The van der Waals surface area contributed by atoms with Gasteiger partial charge in [-0.3, -0.25) is 24.0 Å². The average molecular weight is 782 g/mol. The molecule has 5 N–H and O–H groups in total. The SMILES string of the molecule is Cc1ccc(-c2ccccc2)cc1.Cc1ccc(NC(=O)CCC(=O)N[C@H](CCc2ccccc2)C(=O)NCC(=O)N[C@H](Cc2ccccc2)C(=O)NCC=O)cc1. The van der Waals surface area contributed by atoms with Crippen LogP contribution in [0.15, 0.2) is 140 Å². The molecule has 0 aliphatic heterocycles. The van der Waals surface area contributed by atoms with Crippen LogP contribution in [0.25, 0.3) is 11.1 Å². The van der Waals surface area contributed by atoms with E-state index in [1.54, 1.807) is 36.4 Å². The lowest BCUT2D eigenvalue weighted by Gasteiger charge is -2.20. The molecule has 5 amide bonds. The lowest BCUT2D eigenvalue weighted by atomic mass is 10.0. The zero-order valence-electron chi connectivity index (χ0n) is 32.9. The fraction of sp³-hybridized carbons (Fsp3) is 0.234. The summed E-state index contributed by atoms with van der Waals surface area (Å²) in [5, 5.41) is 13.0. The third-order valence-corrected chi connectivity index (χ3v) is 9.01. The molecule has 11 nitrogen and oxygen atoms in total. The number of carbonyl (C=O) groups excluding carboxylic acids is 6. The Morgan fingerprint density at radius 2 is 1.03 bits per heavy atom. The molecule has 0 aliphatic carbocycles. The smallest absolute Gasteiger partial charge is 0.243 e. The summed E-state index contributed by atoms with van der Waals surface area (Å²) in [4.78, 5) is 74.4. The highest BCUT2D eigenvalue weighted by molar-refractivity contribution is 5.95. The molecule has 2 atom stereocenters. The number of amides is 5. The number of carbonyl (C=O) groups is 6. The van der Waals surface area contributed by atoms with Gasteiger partial charge in [-0.25, -0.2) is 0 Å². The molecule has 5 rings (SSSR count). The van der Waals surface area contributed by atoms with Gasteiger partial charge in [0.15, 0.2) is 0 Å². The Labute approximate surface area is 340 Å². The van der Waals surface area contributed by atoms with Crippen molar-refractivity contribution in [3.05, 3.63) is 162 Å². The van der Waals surface area contributed by atoms with Crippen LogP contribution in [0.4, 0.5) is 5.69 Å². The van der Waals surface area contributed by atoms with E-state index in [2.05, 4.69) is 82.0 Å². The van der Waals surface area contributed by atoms with Crippen LogP contribution in [-0.4, -0.2) is 61.0 Å². The zero-order chi connectivity index (χ0) is 41.5. The summed E-state index contributed by atoms with van der Waals surface area (Å²) >= 11 is 0. The molecule has 0 radical (unpaired) electrons. The number of nitrogens with one attached hydrogen (secondary N) is 5. The second kappa shape index (κ2) is 23.9. The maximum atomic E-state index is 13.2. The molecule has 0 heterocycles. The number of benzene rings is 5. The molecule has 58 heavy (non-hydrogen) atoms. The first kappa shape index (κ1) is 43.8. The molecular weight excluding hydrogens is 731 g/mol. The highest BCUT2D eigenvalue weighted by atomic mass is 16.2. The van der Waals surface area contributed by atoms with Gasteiger partial charge in [0.25, 0.3) is 0 Å². The summed E-state index contributed by atoms with van der Waals surface area (Å²) in [5.41, 5.74) is 7.30. The van der Waals surface area contributed by atoms with Gasteiger partial charge < -0.3 is 31.4 Å². The van der Waals surface area contributed by atoms with E-state index in [0.717, 1.165) is 16.7 Å². The van der Waals surface area contributed by atoms with E-state index in [0.29, 0.717) is 18.4 Å². The molecule has 0 aliphatic rings. The van der Waals surface area contributed by atoms with Crippen molar-refractivity contribution in [3.8, 4) is 11.1 Å². The van der Waals surface area contributed by atoms with Gasteiger partial charge in [-0.05, 0) is 61.1 Å². The van der Waals surface area contributed by atoms with Crippen LogP contribution in [0, 0.1) is 13.8 Å². The summed E-state index contributed by atoms with van der Waals surface area (Å²) in [6.45, 7) is 3.40. The molecule has 0 saturated carbocycles. The maximum Gasteiger partial charge on any atom is 0.243 e. The first-order valence-corrected chi connectivity index (χ1v) is 19.2. The Morgan fingerprint density at radius 3 is 1.64 bits per heavy atom. The van der Waals surface area contributed by atoms with Gasteiger partial charge in [0.2, 0.25) is 29.5 Å². The molecule has 0 bridgehead atoms. The minimum Gasteiger partial charge on any atom is -0.348 e. The third-order valence-electron chi connectivity index (χ3n) is 9.01. The van der Waals surface area contributed by atoms with Crippen molar-refractivity contribution >= 4 is 41.5 Å². The van der Waals surface area contributed by atoms with Crippen molar-refractivity contribution in [2.24, 2.45) is 0 Å². The number of anilines is 1. The lowest BCUT2D eigenvalue weighted by molar-refractivity contribution is -0.132. The maximum absolute atomic E-state index is 13.2. The van der Waals surface area contributed by atoms with E-state index in [-0.39, 0.29) is 38.1 Å². The molecule has 5 aromatic carbocycles. The van der Waals surface area contributed by atoms with Crippen LogP contribution in [0.1, 0.15) is 41.5 Å². The molecule has 0 fully saturated rings. The van der Waals surface area contributed by atoms with Gasteiger partial charge in [0.05, 0.1) is 13.1 Å². The van der Waals surface area contributed by atoms with Crippen molar-refractivity contribution in [2.45, 2.75) is 58.0 Å². The van der Waals surface area contributed by atoms with Crippen LogP contribution in [0.3, 0.4) is 0 Å². The van der Waals surface area contributed by atoms with Gasteiger partial charge in [-0.15, -0.1) is 0 Å². The molecule has 0 spiro atoms. The van der Waals surface area contributed by atoms with Gasteiger partial charge in [0, 0.05) is 24.9 Å². The molecule has 5 aromatic rings. The summed E-state index contributed by atoms with van der Waals surface area (Å²) in [6.07, 6.45) is 1.24. The first-order chi connectivity index (χ1) is 28.1. The fourth-order valence-electron chi connectivity index (χ4n) is 5.82. The van der Waals surface area contributed by atoms with Crippen LogP contribution in [0.5, 0.6) is 0 Å². The monoisotopic (exact) mass is 781 g/mol. The molecular formula is C47H51N5O6. The summed E-state index contributed by atoms with van der Waals surface area (Å²) in [5.74, 6) is -2.56. The van der Waals surface area contributed by atoms with E-state index in [1.165, 1.54) is 16.7 Å². The largest absolute Gasteiger partial charge is 0.348 e. The Kier molecular flexibility index (Phi) is 18.1. The quantitative estimate of drug-likeness (QED) is 0.0722. The molecule has 0 unspecified atom stereocenters. The number of aryl methyl sites for hydroxylation is 3. The highest BCUT2D eigenvalue weighted by Gasteiger charge is 2.24. The van der Waals surface area contributed by atoms with E-state index in [4.69, 9.17) is 0 Å². The average Bonchev–Trinajstić information content (AvgIpc) is 3.24. The number of hydrogen-bond donors (Lipinski definition) is 5. The van der Waals surface area contributed by atoms with E-state index in [1.807, 2.05) is 61.5 Å². The first-order valence-electron chi connectivity index (χ1n) is 19.2. The number of rotatable bonds is 18. The fourth-order valence-corrected chi connectivity index (χ4v) is 5.82. The van der Waals surface area contributed by atoms with Gasteiger partial charge >= 0.3 is 0 Å². The van der Waals surface area contributed by atoms with Crippen LogP contribution >= 0.6 is 0 Å². The molecule has 11 heteroatoms. The van der Waals surface area contributed by atoms with Crippen molar-refractivity contribution in [1.29, 1.82) is 0 Å². The topological polar surface area (TPSA) is 163 Å². The highest BCUT2D eigenvalue weighted by Crippen LogP contribution is 2.18. The van der Waals surface area contributed by atoms with Crippen molar-refractivity contribution < 1.29 is 28.8 Å². The Bertz CT molecular complexity index is 2060. The van der Waals surface area contributed by atoms with Crippen molar-refractivity contribution in [3.63, 3.8) is 0 Å². The van der Waals surface area contributed by atoms with Gasteiger partial charge in [-0.1, -0.05) is 139 Å². The molecule has 0 aromatic heterocycles. The van der Waals surface area contributed by atoms with Crippen LogP contribution in [-0.2, 0) is 41.6 Å². The second-order valence-corrected chi connectivity index (χ2v) is 13.7. The summed E-state index contributed by atoms with van der Waals surface area (Å²) in [7, 11) is 0. The normalized spacial score (nSPS) is 11.3. The molecule has 300 valence electrons. The third kappa shape index (κ3) is 16.1. The Morgan fingerprint density at radius 1 is 0.534 bits per heavy atom. The zero-order valence-corrected chi connectivity index (χ0v) is 32.9. The summed E-state index contributed by atoms with van der Waals surface area (Å²) in [6, 6.07) is 42.8. The summed E-state index contributed by atoms with van der Waals surface area (Å²) < 4.78 is 0. The number of aldehydes is 1.